The number of cyclic esters (lactones) is 1. The Morgan fingerprint density at radius 1 is 1.45 bits per heavy atom. The minimum atomic E-state index is -1.53. The van der Waals surface area contributed by atoms with Crippen LogP contribution in [0, 0.1) is 0 Å². The van der Waals surface area contributed by atoms with Gasteiger partial charge in [-0.25, -0.2) is 23.5 Å². The normalized spacial score (nSPS) is 22.5. The van der Waals surface area contributed by atoms with Gasteiger partial charge >= 0.3 is 6.09 Å². The van der Waals surface area contributed by atoms with Gasteiger partial charge in [0.2, 0.25) is 0 Å². The molecule has 2 aromatic heterocycles. The third-order valence-electron chi connectivity index (χ3n) is 5.01. The van der Waals surface area contributed by atoms with Crippen LogP contribution in [0.4, 0.5) is 25.2 Å². The van der Waals surface area contributed by atoms with E-state index in [4.69, 9.17) is 9.72 Å². The summed E-state index contributed by atoms with van der Waals surface area (Å²) in [6.07, 6.45) is -0.410. The van der Waals surface area contributed by atoms with Crippen LogP contribution in [0.5, 0.6) is 0 Å². The van der Waals surface area contributed by atoms with Gasteiger partial charge in [0.05, 0.1) is 5.69 Å². The second-order valence-corrected chi connectivity index (χ2v) is 7.81. The number of aromatic nitrogens is 2. The Balaban J connectivity index is 1.82. The molecule has 2 aliphatic heterocycles. The number of ether oxygens (including phenoxy) is 1. The minimum Gasteiger partial charge on any atom is -0.437 e. The molecule has 154 valence electrons. The predicted molar refractivity (Wildman–Crippen MR) is 109 cm³/mol. The smallest absolute Gasteiger partial charge is 0.413 e. The highest BCUT2D eigenvalue weighted by Gasteiger charge is 2.35. The lowest BCUT2D eigenvalue weighted by atomic mass is 9.99. The molecule has 1 fully saturated rings. The fourth-order valence-electron chi connectivity index (χ4n) is 3.70. The van der Waals surface area contributed by atoms with Crippen LogP contribution in [0.15, 0.2) is 24.4 Å². The molecule has 2 aliphatic rings. The molecule has 0 bridgehead atoms. The zero-order valence-corrected chi connectivity index (χ0v) is 17.0. The van der Waals surface area contributed by atoms with Gasteiger partial charge in [-0.15, -0.1) is 0 Å². The molecule has 7 nitrogen and oxygen atoms in total. The summed E-state index contributed by atoms with van der Waals surface area (Å²) in [5.74, 6) is -0.645. The van der Waals surface area contributed by atoms with Gasteiger partial charge in [0, 0.05) is 43.0 Å². The number of fused-ring (bicyclic) bond motifs is 1. The first kappa shape index (κ1) is 19.9. The second-order valence-electron chi connectivity index (χ2n) is 7.17. The number of piperazine rings is 1. The maximum absolute atomic E-state index is 14.2. The van der Waals surface area contributed by atoms with Crippen LogP contribution in [-0.2, 0) is 11.4 Å². The number of amides is 1. The van der Waals surface area contributed by atoms with Crippen molar-refractivity contribution in [2.75, 3.05) is 29.9 Å². The monoisotopic (exact) mass is 421 g/mol. The lowest BCUT2D eigenvalue weighted by molar-refractivity contribution is 0.0779. The number of anilines is 2. The molecule has 2 aromatic rings. The van der Waals surface area contributed by atoms with Crippen LogP contribution in [0.3, 0.4) is 0 Å². The van der Waals surface area contributed by atoms with E-state index in [2.05, 4.69) is 27.4 Å². The first-order valence-corrected chi connectivity index (χ1v) is 10.0. The maximum Gasteiger partial charge on any atom is 0.413 e. The van der Waals surface area contributed by atoms with Crippen molar-refractivity contribution >= 4 is 27.0 Å². The van der Waals surface area contributed by atoms with E-state index in [1.54, 1.807) is 18.2 Å². The molecule has 0 aliphatic carbocycles. The summed E-state index contributed by atoms with van der Waals surface area (Å²) in [6.45, 7) is 3.73. The minimum absolute atomic E-state index is 0.221. The Morgan fingerprint density at radius 3 is 3.00 bits per heavy atom. The third kappa shape index (κ3) is 4.02. The van der Waals surface area contributed by atoms with Crippen molar-refractivity contribution in [3.8, 4) is 11.3 Å². The number of hydrogen-bond donors (Lipinski definition) is 2. The second kappa shape index (κ2) is 8.16. The Kier molecular flexibility index (Phi) is 5.61. The van der Waals surface area contributed by atoms with Gasteiger partial charge in [-0.1, -0.05) is 9.24 Å². The molecule has 10 heteroatoms. The van der Waals surface area contributed by atoms with Crippen molar-refractivity contribution in [1.82, 2.24) is 15.3 Å². The first-order chi connectivity index (χ1) is 14.0. The molecule has 4 heterocycles. The number of carbonyl (C=O) groups is 1. The molecule has 0 spiro atoms. The maximum atomic E-state index is 14.2. The molecular formula is C19H22F2N5O2P. The van der Waals surface area contributed by atoms with Gasteiger partial charge in [0.1, 0.15) is 18.3 Å². The van der Waals surface area contributed by atoms with E-state index in [-0.39, 0.29) is 11.9 Å². The number of hydrogen-bond acceptors (Lipinski definition) is 6. The van der Waals surface area contributed by atoms with Crippen LogP contribution in [-0.4, -0.2) is 47.7 Å². The van der Waals surface area contributed by atoms with E-state index in [0.29, 0.717) is 28.2 Å². The van der Waals surface area contributed by atoms with Gasteiger partial charge in [-0.05, 0) is 30.7 Å². The number of rotatable bonds is 4. The Hall–Kier alpha value is -2.38. The van der Waals surface area contributed by atoms with Crippen molar-refractivity contribution in [1.29, 1.82) is 0 Å². The largest absolute Gasteiger partial charge is 0.437 e. The van der Waals surface area contributed by atoms with Gasteiger partial charge in [-0.2, -0.15) is 0 Å². The summed E-state index contributed by atoms with van der Waals surface area (Å²) in [5.41, 5.74) is 1.89. The molecule has 4 atom stereocenters. The van der Waals surface area contributed by atoms with Crippen LogP contribution in [0.2, 0.25) is 0 Å². The lowest BCUT2D eigenvalue weighted by Crippen LogP contribution is -2.49. The van der Waals surface area contributed by atoms with Crippen molar-refractivity contribution < 1.29 is 18.3 Å². The van der Waals surface area contributed by atoms with E-state index in [9.17, 15) is 13.6 Å². The van der Waals surface area contributed by atoms with Gasteiger partial charge in [-0.3, -0.25) is 5.32 Å². The van der Waals surface area contributed by atoms with Gasteiger partial charge in [0.25, 0.3) is 0 Å². The van der Waals surface area contributed by atoms with Crippen LogP contribution in [0.1, 0.15) is 24.2 Å². The lowest BCUT2D eigenvalue weighted by Gasteiger charge is -2.33. The van der Waals surface area contributed by atoms with Crippen LogP contribution < -0.4 is 15.5 Å². The van der Waals surface area contributed by atoms with Gasteiger partial charge in [0.15, 0.2) is 12.0 Å². The summed E-state index contributed by atoms with van der Waals surface area (Å²) >= 11 is 0. The molecule has 0 aromatic carbocycles. The van der Waals surface area contributed by atoms with Crippen molar-refractivity contribution in [2.24, 2.45) is 0 Å². The molecule has 1 amide bonds. The summed E-state index contributed by atoms with van der Waals surface area (Å²) in [7, 11) is 2.00. The molecule has 3 unspecified atom stereocenters. The van der Waals surface area contributed by atoms with E-state index in [1.165, 1.54) is 6.20 Å². The zero-order chi connectivity index (χ0) is 20.5. The fourth-order valence-corrected chi connectivity index (χ4v) is 3.97. The Morgan fingerprint density at radius 2 is 2.28 bits per heavy atom. The number of carbonyl (C=O) groups excluding carboxylic acids is 1. The number of nitrogens with zero attached hydrogens (tertiary/aromatic N) is 3. The summed E-state index contributed by atoms with van der Waals surface area (Å²) < 4.78 is 33.0. The number of halogens is 2. The summed E-state index contributed by atoms with van der Waals surface area (Å²) in [4.78, 5) is 22.7. The highest BCUT2D eigenvalue weighted by Crippen LogP contribution is 2.41. The third-order valence-corrected chi connectivity index (χ3v) is 5.36. The van der Waals surface area contributed by atoms with E-state index >= 15 is 0 Å². The fraction of sp³-hybridized carbons (Fsp3) is 0.421. The number of nitrogens with one attached hydrogen (secondary N) is 2. The van der Waals surface area contributed by atoms with E-state index < -0.39 is 24.8 Å². The van der Waals surface area contributed by atoms with Crippen molar-refractivity contribution in [3.05, 3.63) is 35.5 Å². The van der Waals surface area contributed by atoms with Crippen molar-refractivity contribution in [2.45, 2.75) is 31.7 Å². The van der Waals surface area contributed by atoms with E-state index in [1.807, 2.05) is 9.24 Å². The number of alkyl halides is 2. The van der Waals surface area contributed by atoms with E-state index in [0.717, 1.165) is 19.6 Å². The highest BCUT2D eigenvalue weighted by molar-refractivity contribution is 7.17. The predicted octanol–water partition coefficient (Wildman–Crippen LogP) is 3.19. The molecular weight excluding hydrogens is 399 g/mol. The molecule has 2 N–H and O–H groups in total. The molecule has 0 radical (unpaired) electrons. The Bertz CT molecular complexity index is 929. The van der Waals surface area contributed by atoms with Crippen LogP contribution >= 0.6 is 9.24 Å². The highest BCUT2D eigenvalue weighted by atomic mass is 31.0. The average Bonchev–Trinajstić information content (AvgIpc) is 2.72. The summed E-state index contributed by atoms with van der Waals surface area (Å²) in [6, 6.07) is 5.33. The number of pyridine rings is 2. The molecule has 4 rings (SSSR count). The average molecular weight is 421 g/mol. The first-order valence-electron chi connectivity index (χ1n) is 9.38. The SMILES string of the molecule is C[C@H]1CN(c2cc(CF)cc(-c3ccnc4c3C(C(F)P)OC(=O)N4)n2)CCN1. The molecule has 1 saturated heterocycles. The quantitative estimate of drug-likeness (QED) is 0.739. The molecule has 0 saturated carbocycles. The van der Waals surface area contributed by atoms with Crippen molar-refractivity contribution in [3.63, 3.8) is 0 Å². The van der Waals surface area contributed by atoms with Gasteiger partial charge < -0.3 is 15.0 Å². The Labute approximate surface area is 169 Å². The van der Waals surface area contributed by atoms with Crippen LogP contribution in [0.25, 0.3) is 11.3 Å². The zero-order valence-electron chi connectivity index (χ0n) is 15.9. The summed E-state index contributed by atoms with van der Waals surface area (Å²) in [5, 5.41) is 5.87. The molecule has 29 heavy (non-hydrogen) atoms. The topological polar surface area (TPSA) is 79.4 Å². The standard InChI is InChI=1S/C19H22F2N5O2P/c1-10-9-26(5-4-22-10)14-7-11(8-20)6-13(24-14)12-2-3-23-18-15(12)16(17(21)29)28-19(27)25-18/h2-3,6-7,10,16-17,22H,4-5,8-9,29H2,1H3,(H,23,25,27)/t10-,16?,17?/m0/s1.